The van der Waals surface area contributed by atoms with Crippen LogP contribution in [-0.4, -0.2) is 23.5 Å². The molecule has 0 aliphatic carbocycles. The van der Waals surface area contributed by atoms with E-state index in [1.54, 1.807) is 0 Å². The maximum Gasteiger partial charge on any atom is 0.0233 e. The Morgan fingerprint density at radius 2 is 1.71 bits per heavy atom. The highest BCUT2D eigenvalue weighted by atomic mass is 15.1. The van der Waals surface area contributed by atoms with E-state index in [2.05, 4.69) is 83.1 Å². The topological polar surface area (TPSA) is 15.3 Å². The molecule has 0 radical (unpaired) electrons. The molecule has 1 aromatic rings. The Morgan fingerprint density at radius 1 is 1.10 bits per heavy atom. The van der Waals surface area contributed by atoms with Crippen molar-refractivity contribution in [2.24, 2.45) is 5.92 Å². The Hall–Kier alpha value is -0.860. The molecule has 0 bridgehead atoms. The van der Waals surface area contributed by atoms with Gasteiger partial charge in [-0.05, 0) is 58.2 Å². The minimum absolute atomic E-state index is 0.165. The van der Waals surface area contributed by atoms with E-state index < -0.39 is 0 Å². The summed E-state index contributed by atoms with van der Waals surface area (Å²) in [6, 6.07) is 9.58. The second kappa shape index (κ2) is 7.95. The molecule has 1 aromatic carbocycles. The summed E-state index contributed by atoms with van der Waals surface area (Å²) >= 11 is 0. The standard InChI is InChI=1S/C19H34N2/c1-15(2)11-16(3)21(7)14-18-10-8-9-17(12-18)13-20-19(4,5)6/h8-10,12,15-16,20H,11,13-14H2,1-7H3. The summed E-state index contributed by atoms with van der Waals surface area (Å²) in [6.45, 7) is 15.5. The van der Waals surface area contributed by atoms with E-state index in [1.807, 2.05) is 0 Å². The van der Waals surface area contributed by atoms with Gasteiger partial charge in [0.25, 0.3) is 0 Å². The summed E-state index contributed by atoms with van der Waals surface area (Å²) in [6.07, 6.45) is 1.25. The molecule has 0 heterocycles. The molecule has 0 aromatic heterocycles. The molecule has 1 N–H and O–H groups in total. The van der Waals surface area contributed by atoms with Gasteiger partial charge in [-0.15, -0.1) is 0 Å². The lowest BCUT2D eigenvalue weighted by atomic mass is 10.0. The first kappa shape index (κ1) is 18.2. The molecule has 0 saturated carbocycles. The van der Waals surface area contributed by atoms with Crippen molar-refractivity contribution in [1.29, 1.82) is 0 Å². The lowest BCUT2D eigenvalue weighted by molar-refractivity contribution is 0.220. The van der Waals surface area contributed by atoms with Crippen LogP contribution in [0, 0.1) is 5.92 Å². The van der Waals surface area contributed by atoms with Gasteiger partial charge in [-0.25, -0.2) is 0 Å². The number of benzene rings is 1. The molecule has 0 aliphatic rings. The third kappa shape index (κ3) is 7.63. The van der Waals surface area contributed by atoms with Gasteiger partial charge in [0.05, 0.1) is 0 Å². The number of nitrogens with zero attached hydrogens (tertiary/aromatic N) is 1. The molecule has 1 rings (SSSR count). The first-order valence-electron chi connectivity index (χ1n) is 8.20. The van der Waals surface area contributed by atoms with Crippen LogP contribution in [0.3, 0.4) is 0 Å². The van der Waals surface area contributed by atoms with Crippen molar-refractivity contribution >= 4 is 0 Å². The van der Waals surface area contributed by atoms with Crippen molar-refractivity contribution in [3.05, 3.63) is 35.4 Å². The average molecular weight is 290 g/mol. The maximum absolute atomic E-state index is 3.55. The molecule has 1 atom stereocenters. The van der Waals surface area contributed by atoms with Crippen LogP contribution in [-0.2, 0) is 13.1 Å². The quantitative estimate of drug-likeness (QED) is 0.798. The highest BCUT2D eigenvalue weighted by molar-refractivity contribution is 5.23. The fourth-order valence-corrected chi connectivity index (χ4v) is 2.51. The van der Waals surface area contributed by atoms with Crippen LogP contribution in [0.1, 0.15) is 59.1 Å². The van der Waals surface area contributed by atoms with E-state index in [9.17, 15) is 0 Å². The summed E-state index contributed by atoms with van der Waals surface area (Å²) in [5.41, 5.74) is 2.94. The molecule has 120 valence electrons. The number of rotatable bonds is 7. The van der Waals surface area contributed by atoms with E-state index >= 15 is 0 Å². The Kier molecular flexibility index (Phi) is 6.89. The fraction of sp³-hybridized carbons (Fsp3) is 0.684. The number of nitrogens with one attached hydrogen (secondary N) is 1. The van der Waals surface area contributed by atoms with Crippen molar-refractivity contribution in [3.63, 3.8) is 0 Å². The van der Waals surface area contributed by atoms with Crippen LogP contribution >= 0.6 is 0 Å². The van der Waals surface area contributed by atoms with Crippen LogP contribution in [0.15, 0.2) is 24.3 Å². The molecule has 2 heteroatoms. The molecule has 1 unspecified atom stereocenters. The van der Waals surface area contributed by atoms with Gasteiger partial charge in [0.1, 0.15) is 0 Å². The van der Waals surface area contributed by atoms with E-state index in [-0.39, 0.29) is 5.54 Å². The second-order valence-corrected chi connectivity index (χ2v) is 7.82. The molecular formula is C19H34N2. The first-order valence-corrected chi connectivity index (χ1v) is 8.20. The lowest BCUT2D eigenvalue weighted by Gasteiger charge is -2.26. The van der Waals surface area contributed by atoms with Crippen molar-refractivity contribution in [1.82, 2.24) is 10.2 Å². The fourth-order valence-electron chi connectivity index (χ4n) is 2.51. The highest BCUT2D eigenvalue weighted by Gasteiger charge is 2.12. The zero-order valence-electron chi connectivity index (χ0n) is 15.0. The van der Waals surface area contributed by atoms with Crippen molar-refractivity contribution < 1.29 is 0 Å². The predicted octanol–water partition coefficient (Wildman–Crippen LogP) is 4.44. The van der Waals surface area contributed by atoms with Crippen LogP contribution < -0.4 is 5.32 Å². The van der Waals surface area contributed by atoms with Crippen LogP contribution in [0.5, 0.6) is 0 Å². The van der Waals surface area contributed by atoms with Gasteiger partial charge in [-0.3, -0.25) is 4.90 Å². The van der Waals surface area contributed by atoms with Gasteiger partial charge in [0.15, 0.2) is 0 Å². The van der Waals surface area contributed by atoms with Gasteiger partial charge in [-0.1, -0.05) is 38.1 Å². The zero-order chi connectivity index (χ0) is 16.0. The third-order valence-electron chi connectivity index (χ3n) is 3.81. The average Bonchev–Trinajstić information content (AvgIpc) is 2.35. The molecule has 0 spiro atoms. The molecule has 0 fully saturated rings. The van der Waals surface area contributed by atoms with Gasteiger partial charge in [-0.2, -0.15) is 0 Å². The monoisotopic (exact) mass is 290 g/mol. The first-order chi connectivity index (χ1) is 9.67. The van der Waals surface area contributed by atoms with Crippen LogP contribution in [0.4, 0.5) is 0 Å². The largest absolute Gasteiger partial charge is 0.308 e. The summed E-state index contributed by atoms with van der Waals surface area (Å²) in [4.78, 5) is 2.45. The summed E-state index contributed by atoms with van der Waals surface area (Å²) < 4.78 is 0. The Bertz CT molecular complexity index is 418. The summed E-state index contributed by atoms with van der Waals surface area (Å²) in [7, 11) is 2.23. The molecule has 2 nitrogen and oxygen atoms in total. The molecule has 0 aliphatic heterocycles. The predicted molar refractivity (Wildman–Crippen MR) is 93.4 cm³/mol. The van der Waals surface area contributed by atoms with Gasteiger partial charge >= 0.3 is 0 Å². The van der Waals surface area contributed by atoms with Gasteiger partial charge in [0.2, 0.25) is 0 Å². The van der Waals surface area contributed by atoms with Crippen LogP contribution in [0.25, 0.3) is 0 Å². The number of hydrogen-bond donors (Lipinski definition) is 1. The Morgan fingerprint density at radius 3 is 2.29 bits per heavy atom. The smallest absolute Gasteiger partial charge is 0.0233 e. The Balaban J connectivity index is 2.59. The molecule has 0 amide bonds. The van der Waals surface area contributed by atoms with E-state index in [0.717, 1.165) is 19.0 Å². The number of hydrogen-bond acceptors (Lipinski definition) is 2. The normalized spacial score (nSPS) is 14.0. The summed E-state index contributed by atoms with van der Waals surface area (Å²) in [5, 5.41) is 3.55. The van der Waals surface area contributed by atoms with E-state index in [0.29, 0.717) is 6.04 Å². The Labute approximate surface area is 131 Å². The van der Waals surface area contributed by atoms with Crippen molar-refractivity contribution in [3.8, 4) is 0 Å². The highest BCUT2D eigenvalue weighted by Crippen LogP contribution is 2.14. The SMILES string of the molecule is CC(C)CC(C)N(C)Cc1cccc(CNC(C)(C)C)c1. The second-order valence-electron chi connectivity index (χ2n) is 7.82. The zero-order valence-corrected chi connectivity index (χ0v) is 15.0. The minimum atomic E-state index is 0.165. The van der Waals surface area contributed by atoms with E-state index in [1.165, 1.54) is 17.5 Å². The van der Waals surface area contributed by atoms with Gasteiger partial charge in [0, 0.05) is 24.7 Å². The third-order valence-corrected chi connectivity index (χ3v) is 3.81. The molecular weight excluding hydrogens is 256 g/mol. The van der Waals surface area contributed by atoms with Crippen molar-refractivity contribution in [2.45, 2.75) is 72.6 Å². The van der Waals surface area contributed by atoms with Gasteiger partial charge < -0.3 is 5.32 Å². The van der Waals surface area contributed by atoms with E-state index in [4.69, 9.17) is 0 Å². The van der Waals surface area contributed by atoms with Crippen LogP contribution in [0.2, 0.25) is 0 Å². The maximum atomic E-state index is 3.55. The molecule has 21 heavy (non-hydrogen) atoms. The lowest BCUT2D eigenvalue weighted by Crippen LogP contribution is -2.35. The minimum Gasteiger partial charge on any atom is -0.308 e. The van der Waals surface area contributed by atoms with Crippen molar-refractivity contribution in [2.75, 3.05) is 7.05 Å². The summed E-state index contributed by atoms with van der Waals surface area (Å²) in [5.74, 6) is 0.754. The molecule has 0 saturated heterocycles.